The van der Waals surface area contributed by atoms with Crippen LogP contribution in [-0.4, -0.2) is 28.0 Å². The second-order valence-corrected chi connectivity index (χ2v) is 8.78. The first-order valence-electron chi connectivity index (χ1n) is 8.64. The Morgan fingerprint density at radius 3 is 2.41 bits per heavy atom. The average molecular weight is 627 g/mol. The number of hydrazone groups is 1. The zero-order chi connectivity index (χ0) is 23.3. The summed E-state index contributed by atoms with van der Waals surface area (Å²) in [5, 5.41) is 15.1. The number of nitro benzene ring substituents is 1. The second kappa shape index (κ2) is 10.6. The second-order valence-electron chi connectivity index (χ2n) is 6.09. The molecule has 32 heavy (non-hydrogen) atoms. The number of rotatable bonds is 6. The first-order valence-corrected chi connectivity index (χ1v) is 11.0. The number of nitrogens with one attached hydrogen (secondary N) is 1. The normalized spacial score (nSPS) is 10.7. The molecule has 0 atom stereocenters. The van der Waals surface area contributed by atoms with E-state index in [1.165, 1.54) is 24.5 Å². The standard InChI is InChI=1S/C20H11Br3N4O5/c21-14-3-1-11(2-4-14)20(29)32-18-12(6-16(27(30)31)7-17(18)23)9-25-26-19(28)13-5-15(22)10-24-8-13/h1-10H,(H,26,28). The zero-order valence-electron chi connectivity index (χ0n) is 15.8. The summed E-state index contributed by atoms with van der Waals surface area (Å²) in [5.74, 6) is -1.22. The van der Waals surface area contributed by atoms with Crippen LogP contribution in [0.5, 0.6) is 5.75 Å². The summed E-state index contributed by atoms with van der Waals surface area (Å²) in [6.07, 6.45) is 4.02. The number of amides is 1. The quantitative estimate of drug-likeness (QED) is 0.131. The summed E-state index contributed by atoms with van der Waals surface area (Å²) < 4.78 is 7.02. The maximum absolute atomic E-state index is 12.5. The van der Waals surface area contributed by atoms with Crippen molar-refractivity contribution < 1.29 is 19.2 Å². The van der Waals surface area contributed by atoms with Gasteiger partial charge in [-0.25, -0.2) is 10.2 Å². The lowest BCUT2D eigenvalue weighted by atomic mass is 10.2. The monoisotopic (exact) mass is 624 g/mol. The molecule has 0 saturated carbocycles. The van der Waals surface area contributed by atoms with Crippen molar-refractivity contribution in [2.24, 2.45) is 5.10 Å². The summed E-state index contributed by atoms with van der Waals surface area (Å²) in [6.45, 7) is 0. The van der Waals surface area contributed by atoms with E-state index >= 15 is 0 Å². The smallest absolute Gasteiger partial charge is 0.343 e. The van der Waals surface area contributed by atoms with Crippen molar-refractivity contribution in [2.75, 3.05) is 0 Å². The first kappa shape index (κ1) is 23.7. The number of nitro groups is 1. The lowest BCUT2D eigenvalue weighted by Crippen LogP contribution is -2.18. The van der Waals surface area contributed by atoms with Gasteiger partial charge in [-0.15, -0.1) is 0 Å². The molecule has 3 aromatic rings. The van der Waals surface area contributed by atoms with Crippen LogP contribution in [0.3, 0.4) is 0 Å². The maximum atomic E-state index is 12.5. The Balaban J connectivity index is 1.88. The summed E-state index contributed by atoms with van der Waals surface area (Å²) >= 11 is 9.70. The topological polar surface area (TPSA) is 124 Å². The number of hydrogen-bond acceptors (Lipinski definition) is 7. The molecule has 1 aromatic heterocycles. The number of benzene rings is 2. The van der Waals surface area contributed by atoms with Crippen LogP contribution in [0.15, 0.2) is 73.4 Å². The van der Waals surface area contributed by atoms with E-state index in [0.717, 1.165) is 10.7 Å². The van der Waals surface area contributed by atoms with E-state index in [4.69, 9.17) is 4.74 Å². The van der Waals surface area contributed by atoms with E-state index in [0.29, 0.717) is 4.47 Å². The van der Waals surface area contributed by atoms with Gasteiger partial charge >= 0.3 is 5.97 Å². The van der Waals surface area contributed by atoms with Crippen LogP contribution >= 0.6 is 47.8 Å². The molecule has 0 bridgehead atoms. The predicted octanol–water partition coefficient (Wildman–Crippen LogP) is 5.26. The summed E-state index contributed by atoms with van der Waals surface area (Å²) in [5.41, 5.74) is 2.66. The van der Waals surface area contributed by atoms with E-state index in [1.54, 1.807) is 30.3 Å². The molecule has 0 aliphatic carbocycles. The number of carbonyl (C=O) groups excluding carboxylic acids is 2. The molecule has 0 spiro atoms. The van der Waals surface area contributed by atoms with Gasteiger partial charge in [0.1, 0.15) is 0 Å². The molecule has 0 saturated heterocycles. The van der Waals surface area contributed by atoms with Gasteiger partial charge in [-0.1, -0.05) is 15.9 Å². The summed E-state index contributed by atoms with van der Waals surface area (Å²) in [4.78, 5) is 39.3. The summed E-state index contributed by atoms with van der Waals surface area (Å²) in [7, 11) is 0. The molecule has 162 valence electrons. The fourth-order valence-electron chi connectivity index (χ4n) is 2.41. The number of nitrogens with zero attached hydrogens (tertiary/aromatic N) is 3. The van der Waals surface area contributed by atoms with Gasteiger partial charge in [0, 0.05) is 39.0 Å². The highest BCUT2D eigenvalue weighted by molar-refractivity contribution is 9.11. The Morgan fingerprint density at radius 2 is 1.75 bits per heavy atom. The van der Waals surface area contributed by atoms with Crippen molar-refractivity contribution in [1.82, 2.24) is 10.4 Å². The number of halogens is 3. The number of esters is 1. The largest absolute Gasteiger partial charge is 0.421 e. The molecule has 0 radical (unpaired) electrons. The van der Waals surface area contributed by atoms with Crippen molar-refractivity contribution in [1.29, 1.82) is 0 Å². The van der Waals surface area contributed by atoms with E-state index < -0.39 is 16.8 Å². The maximum Gasteiger partial charge on any atom is 0.343 e. The minimum atomic E-state index is -0.675. The number of carbonyl (C=O) groups is 2. The van der Waals surface area contributed by atoms with Crippen LogP contribution in [-0.2, 0) is 0 Å². The van der Waals surface area contributed by atoms with E-state index in [-0.39, 0.29) is 32.6 Å². The molecule has 1 amide bonds. The third kappa shape index (κ3) is 6.05. The molecule has 9 nitrogen and oxygen atoms in total. The third-order valence-corrected chi connectivity index (χ3v) is 5.43. The molecule has 2 aromatic carbocycles. The van der Waals surface area contributed by atoms with Crippen LogP contribution in [0.25, 0.3) is 0 Å². The minimum absolute atomic E-state index is 0.00522. The molecular formula is C20H11Br3N4O5. The van der Waals surface area contributed by atoms with E-state index in [2.05, 4.69) is 63.3 Å². The van der Waals surface area contributed by atoms with Crippen molar-refractivity contribution in [3.8, 4) is 5.75 Å². The number of aromatic nitrogens is 1. The van der Waals surface area contributed by atoms with Gasteiger partial charge in [-0.05, 0) is 62.2 Å². The van der Waals surface area contributed by atoms with Gasteiger partial charge in [0.25, 0.3) is 11.6 Å². The molecule has 0 aliphatic heterocycles. The molecule has 1 heterocycles. The Hall–Kier alpha value is -2.96. The van der Waals surface area contributed by atoms with Gasteiger partial charge in [-0.2, -0.15) is 5.10 Å². The Labute approximate surface area is 206 Å². The van der Waals surface area contributed by atoms with E-state index in [9.17, 15) is 19.7 Å². The molecule has 12 heteroatoms. The minimum Gasteiger partial charge on any atom is -0.421 e. The van der Waals surface area contributed by atoms with Crippen LogP contribution in [0.2, 0.25) is 0 Å². The lowest BCUT2D eigenvalue weighted by Gasteiger charge is -2.10. The average Bonchev–Trinajstić information content (AvgIpc) is 2.75. The fourth-order valence-corrected chi connectivity index (χ4v) is 3.58. The van der Waals surface area contributed by atoms with E-state index in [1.807, 2.05) is 0 Å². The van der Waals surface area contributed by atoms with Gasteiger partial charge in [0.2, 0.25) is 0 Å². The van der Waals surface area contributed by atoms with Crippen LogP contribution in [0.1, 0.15) is 26.3 Å². The van der Waals surface area contributed by atoms with Gasteiger partial charge in [0.05, 0.1) is 26.7 Å². The Bertz CT molecular complexity index is 1230. The Morgan fingerprint density at radius 1 is 1.03 bits per heavy atom. The highest BCUT2D eigenvalue weighted by atomic mass is 79.9. The van der Waals surface area contributed by atoms with Gasteiger partial charge < -0.3 is 4.74 Å². The van der Waals surface area contributed by atoms with Crippen LogP contribution in [0, 0.1) is 10.1 Å². The number of non-ortho nitro benzene ring substituents is 1. The van der Waals surface area contributed by atoms with Crippen LogP contribution in [0.4, 0.5) is 5.69 Å². The molecule has 3 rings (SSSR count). The summed E-state index contributed by atoms with van der Waals surface area (Å²) in [6, 6.07) is 10.4. The van der Waals surface area contributed by atoms with Crippen molar-refractivity contribution in [3.05, 3.63) is 95.1 Å². The van der Waals surface area contributed by atoms with Gasteiger partial charge in [0.15, 0.2) is 5.75 Å². The zero-order valence-corrected chi connectivity index (χ0v) is 20.5. The number of pyridine rings is 1. The molecule has 0 fully saturated rings. The van der Waals surface area contributed by atoms with Crippen LogP contribution < -0.4 is 10.2 Å². The highest BCUT2D eigenvalue weighted by Gasteiger charge is 2.19. The Kier molecular flexibility index (Phi) is 7.83. The molecule has 0 aliphatic rings. The van der Waals surface area contributed by atoms with Gasteiger partial charge in [-0.3, -0.25) is 19.9 Å². The first-order chi connectivity index (χ1) is 15.2. The fraction of sp³-hybridized carbons (Fsp3) is 0. The van der Waals surface area contributed by atoms with Crippen molar-refractivity contribution in [2.45, 2.75) is 0 Å². The predicted molar refractivity (Wildman–Crippen MR) is 127 cm³/mol. The van der Waals surface area contributed by atoms with Crippen molar-refractivity contribution >= 4 is 71.6 Å². The molecular weight excluding hydrogens is 616 g/mol. The third-order valence-electron chi connectivity index (χ3n) is 3.88. The molecule has 1 N–H and O–H groups in total. The number of ether oxygens (including phenoxy) is 1. The number of hydrogen-bond donors (Lipinski definition) is 1. The lowest BCUT2D eigenvalue weighted by molar-refractivity contribution is -0.385. The van der Waals surface area contributed by atoms with Crippen molar-refractivity contribution in [3.63, 3.8) is 0 Å². The SMILES string of the molecule is O=C(NN=Cc1cc([N+](=O)[O-])cc(Br)c1OC(=O)c1ccc(Br)cc1)c1cncc(Br)c1. The molecule has 0 unspecified atom stereocenters. The highest BCUT2D eigenvalue weighted by Crippen LogP contribution is 2.33.